The first-order valence-electron chi connectivity index (χ1n) is 9.70. The first kappa shape index (κ1) is 17.5. The molecule has 0 spiro atoms. The molecule has 1 saturated carbocycles. The lowest BCUT2D eigenvalue weighted by molar-refractivity contribution is 0.0709. The average Bonchev–Trinajstić information content (AvgIpc) is 3.14. The zero-order valence-electron chi connectivity index (χ0n) is 16.3. The van der Waals surface area contributed by atoms with Crippen molar-refractivity contribution in [1.82, 2.24) is 29.7 Å². The molecule has 0 radical (unpaired) electrons. The van der Waals surface area contributed by atoms with Crippen molar-refractivity contribution in [3.63, 3.8) is 0 Å². The van der Waals surface area contributed by atoms with Crippen LogP contribution in [-0.2, 0) is 0 Å². The van der Waals surface area contributed by atoms with Gasteiger partial charge in [-0.3, -0.25) is 4.79 Å². The summed E-state index contributed by atoms with van der Waals surface area (Å²) in [6.07, 6.45) is 3.59. The van der Waals surface area contributed by atoms with Gasteiger partial charge in [-0.25, -0.2) is 4.98 Å². The second-order valence-electron chi connectivity index (χ2n) is 7.77. The lowest BCUT2D eigenvalue weighted by Gasteiger charge is -2.44. The van der Waals surface area contributed by atoms with E-state index >= 15 is 0 Å². The summed E-state index contributed by atoms with van der Waals surface area (Å²) in [6, 6.07) is 4.14. The van der Waals surface area contributed by atoms with Crippen molar-refractivity contribution < 1.29 is 4.79 Å². The van der Waals surface area contributed by atoms with Crippen LogP contribution < -0.4 is 4.90 Å². The van der Waals surface area contributed by atoms with Crippen LogP contribution in [0.15, 0.2) is 12.1 Å². The highest BCUT2D eigenvalue weighted by Gasteiger charge is 2.35. The van der Waals surface area contributed by atoms with E-state index in [9.17, 15) is 4.79 Å². The maximum atomic E-state index is 12.8. The van der Waals surface area contributed by atoms with Crippen LogP contribution in [0.4, 0.5) is 5.82 Å². The Balaban J connectivity index is 1.30. The highest BCUT2D eigenvalue weighted by Crippen LogP contribution is 2.35. The molecule has 2 fully saturated rings. The summed E-state index contributed by atoms with van der Waals surface area (Å²) < 4.78 is 1.89. The number of carbonyl (C=O) groups is 1. The molecule has 146 valence electrons. The van der Waals surface area contributed by atoms with Crippen molar-refractivity contribution in [3.05, 3.63) is 33.5 Å². The van der Waals surface area contributed by atoms with E-state index in [0.29, 0.717) is 5.92 Å². The van der Waals surface area contributed by atoms with Crippen molar-refractivity contribution in [3.8, 4) is 0 Å². The molecular formula is C19H23N7OS. The number of hydrogen-bond donors (Lipinski definition) is 0. The second kappa shape index (κ2) is 6.51. The molecule has 2 aliphatic rings. The summed E-state index contributed by atoms with van der Waals surface area (Å²) >= 11 is 1.47. The third-order valence-electron chi connectivity index (χ3n) is 5.90. The number of nitrogens with zero attached hydrogens (tertiary/aromatic N) is 7. The molecule has 5 rings (SSSR count). The summed E-state index contributed by atoms with van der Waals surface area (Å²) in [7, 11) is 1.88. The van der Waals surface area contributed by atoms with Crippen LogP contribution in [0.25, 0.3) is 5.65 Å². The minimum Gasteiger partial charge on any atom is -0.351 e. The van der Waals surface area contributed by atoms with Crippen molar-refractivity contribution in [2.45, 2.75) is 45.1 Å². The van der Waals surface area contributed by atoms with Gasteiger partial charge in [-0.2, -0.15) is 4.52 Å². The maximum absolute atomic E-state index is 12.8. The summed E-state index contributed by atoms with van der Waals surface area (Å²) in [5, 5.41) is 14.3. The largest absolute Gasteiger partial charge is 0.351 e. The zero-order chi connectivity index (χ0) is 19.4. The van der Waals surface area contributed by atoms with Crippen LogP contribution in [0.2, 0.25) is 0 Å². The van der Waals surface area contributed by atoms with Crippen molar-refractivity contribution in [1.29, 1.82) is 0 Å². The number of aryl methyl sites for hydroxylation is 2. The van der Waals surface area contributed by atoms with Crippen molar-refractivity contribution >= 4 is 28.7 Å². The summed E-state index contributed by atoms with van der Waals surface area (Å²) in [5.74, 6) is 2.43. The number of likely N-dealkylation sites (N-methyl/N-ethyl adjacent to an activating group) is 1. The van der Waals surface area contributed by atoms with E-state index in [1.807, 2.05) is 42.4 Å². The van der Waals surface area contributed by atoms with Gasteiger partial charge < -0.3 is 9.80 Å². The van der Waals surface area contributed by atoms with E-state index in [-0.39, 0.29) is 11.9 Å². The van der Waals surface area contributed by atoms with Gasteiger partial charge in [-0.05, 0) is 38.8 Å². The Morgan fingerprint density at radius 2 is 2.00 bits per heavy atom. The number of carbonyl (C=O) groups excluding carboxylic acids is 1. The molecule has 3 aromatic heterocycles. The van der Waals surface area contributed by atoms with Crippen LogP contribution >= 0.6 is 11.3 Å². The van der Waals surface area contributed by atoms with Crippen LogP contribution in [0.5, 0.6) is 0 Å². The Morgan fingerprint density at radius 3 is 2.64 bits per heavy atom. The Kier molecular flexibility index (Phi) is 4.08. The predicted molar refractivity (Wildman–Crippen MR) is 107 cm³/mol. The molecule has 4 heterocycles. The molecule has 1 saturated heterocycles. The zero-order valence-corrected chi connectivity index (χ0v) is 17.1. The molecule has 1 aliphatic heterocycles. The first-order chi connectivity index (χ1) is 13.5. The SMILES string of the molecule is Cc1nc(C)c(C(=O)N(C)C2CN(c3ccc4nnc(C5CCC5)n4n3)C2)s1. The fourth-order valence-corrected chi connectivity index (χ4v) is 4.73. The van der Waals surface area contributed by atoms with Crippen molar-refractivity contribution in [2.24, 2.45) is 0 Å². The molecule has 1 aliphatic carbocycles. The van der Waals surface area contributed by atoms with E-state index in [1.54, 1.807) is 0 Å². The van der Waals surface area contributed by atoms with E-state index in [4.69, 9.17) is 5.10 Å². The number of anilines is 1. The molecule has 9 heteroatoms. The van der Waals surface area contributed by atoms with Gasteiger partial charge >= 0.3 is 0 Å². The fraction of sp³-hybridized carbons (Fsp3) is 0.526. The van der Waals surface area contributed by atoms with Crippen LogP contribution in [0.3, 0.4) is 0 Å². The number of amides is 1. The summed E-state index contributed by atoms with van der Waals surface area (Å²) in [5.41, 5.74) is 1.62. The van der Waals surface area contributed by atoms with Gasteiger partial charge in [-0.15, -0.1) is 26.6 Å². The topological polar surface area (TPSA) is 79.5 Å². The second-order valence-corrected chi connectivity index (χ2v) is 8.97. The number of fused-ring (bicyclic) bond motifs is 1. The highest BCUT2D eigenvalue weighted by molar-refractivity contribution is 7.13. The van der Waals surface area contributed by atoms with Crippen LogP contribution in [-0.4, -0.2) is 61.8 Å². The number of aromatic nitrogens is 5. The number of thiazole rings is 1. The van der Waals surface area contributed by atoms with E-state index in [0.717, 1.165) is 46.0 Å². The fourth-order valence-electron chi connectivity index (χ4n) is 3.83. The van der Waals surface area contributed by atoms with Crippen LogP contribution in [0, 0.1) is 13.8 Å². The molecule has 0 N–H and O–H groups in total. The van der Waals surface area contributed by atoms with Gasteiger partial charge in [-0.1, -0.05) is 6.42 Å². The van der Waals surface area contributed by atoms with Gasteiger partial charge in [0.15, 0.2) is 11.5 Å². The molecule has 0 aromatic carbocycles. The lowest BCUT2D eigenvalue weighted by atomic mass is 9.85. The third kappa shape index (κ3) is 2.76. The Morgan fingerprint density at radius 1 is 1.21 bits per heavy atom. The van der Waals surface area contributed by atoms with Gasteiger partial charge in [0.2, 0.25) is 0 Å². The number of rotatable bonds is 4. The standard InChI is InChI=1S/C19H23N7OS/c1-11-17(28-12(2)20-11)19(27)24(3)14-9-25(10-14)16-8-7-15-21-22-18(26(15)23-16)13-5-4-6-13/h7-8,13-14H,4-6,9-10H2,1-3H3. The van der Waals surface area contributed by atoms with Crippen LogP contribution in [0.1, 0.15) is 51.4 Å². The summed E-state index contributed by atoms with van der Waals surface area (Å²) in [4.78, 5) is 22.0. The van der Waals surface area contributed by atoms with Gasteiger partial charge in [0.25, 0.3) is 5.91 Å². The Hall–Kier alpha value is -2.55. The van der Waals surface area contributed by atoms with Gasteiger partial charge in [0.05, 0.1) is 16.7 Å². The smallest absolute Gasteiger partial charge is 0.265 e. The number of hydrogen-bond acceptors (Lipinski definition) is 7. The molecule has 28 heavy (non-hydrogen) atoms. The maximum Gasteiger partial charge on any atom is 0.265 e. The highest BCUT2D eigenvalue weighted by atomic mass is 32.1. The predicted octanol–water partition coefficient (Wildman–Crippen LogP) is 2.43. The molecular weight excluding hydrogens is 374 g/mol. The summed E-state index contributed by atoms with van der Waals surface area (Å²) in [6.45, 7) is 5.39. The normalized spacial score (nSPS) is 17.6. The average molecular weight is 398 g/mol. The quantitative estimate of drug-likeness (QED) is 0.673. The minimum absolute atomic E-state index is 0.0576. The van der Waals surface area contributed by atoms with Gasteiger partial charge in [0, 0.05) is 26.1 Å². The third-order valence-corrected chi connectivity index (χ3v) is 6.96. The first-order valence-corrected chi connectivity index (χ1v) is 10.5. The molecule has 8 nitrogen and oxygen atoms in total. The van der Waals surface area contributed by atoms with Crippen molar-refractivity contribution in [2.75, 3.05) is 25.0 Å². The minimum atomic E-state index is 0.0576. The Labute approximate surface area is 167 Å². The van der Waals surface area contributed by atoms with E-state index < -0.39 is 0 Å². The van der Waals surface area contributed by atoms with E-state index in [2.05, 4.69) is 20.1 Å². The lowest BCUT2D eigenvalue weighted by Crippen LogP contribution is -2.60. The molecule has 0 atom stereocenters. The molecule has 0 bridgehead atoms. The van der Waals surface area contributed by atoms with Gasteiger partial charge in [0.1, 0.15) is 10.7 Å². The monoisotopic (exact) mass is 397 g/mol. The molecule has 1 amide bonds. The molecule has 3 aromatic rings. The molecule has 0 unspecified atom stereocenters. The Bertz CT molecular complexity index is 1050. The van der Waals surface area contributed by atoms with E-state index in [1.165, 1.54) is 30.6 Å².